The molecule has 1 aromatic carbocycles. The maximum Gasteiger partial charge on any atom is 0.0991 e. The minimum Gasteiger partial charge on any atom is -0.192 e. The van der Waals surface area contributed by atoms with Crippen molar-refractivity contribution in [2.45, 2.75) is 6.92 Å². The Balaban J connectivity index is 3.07. The molecule has 0 aliphatic carbocycles. The van der Waals surface area contributed by atoms with Crippen LogP contribution in [-0.2, 0) is 0 Å². The van der Waals surface area contributed by atoms with Gasteiger partial charge in [0.25, 0.3) is 0 Å². The van der Waals surface area contributed by atoms with Gasteiger partial charge in [-0.15, -0.1) is 0 Å². The molecule has 1 rings (SSSR count). The molecule has 0 spiro atoms. The highest BCUT2D eigenvalue weighted by atomic mass is 79.9. The topological polar surface area (TPSA) is 23.8 Å². The van der Waals surface area contributed by atoms with Crippen molar-refractivity contribution in [2.24, 2.45) is 0 Å². The highest BCUT2D eigenvalue weighted by Gasteiger charge is 1.95. The zero-order valence-corrected chi connectivity index (χ0v) is 8.85. The van der Waals surface area contributed by atoms with E-state index in [9.17, 15) is 0 Å². The van der Waals surface area contributed by atoms with E-state index in [2.05, 4.69) is 33.8 Å². The van der Waals surface area contributed by atoms with Crippen LogP contribution in [0.3, 0.4) is 0 Å². The predicted octanol–water partition coefficient (Wildman–Crippen LogP) is 2.61. The van der Waals surface area contributed by atoms with Crippen LogP contribution in [0.1, 0.15) is 16.7 Å². The fraction of sp³-hybridized carbons (Fsp3) is 0.182. The summed E-state index contributed by atoms with van der Waals surface area (Å²) in [7, 11) is 0. The third kappa shape index (κ3) is 2.61. The number of hydrogen-bond donors (Lipinski definition) is 0. The van der Waals surface area contributed by atoms with Gasteiger partial charge in [0.1, 0.15) is 0 Å². The van der Waals surface area contributed by atoms with Crippen molar-refractivity contribution in [1.29, 1.82) is 5.26 Å². The number of halogens is 1. The number of nitrogens with zero attached hydrogens (tertiary/aromatic N) is 1. The van der Waals surface area contributed by atoms with Crippen LogP contribution >= 0.6 is 15.9 Å². The molecule has 0 fully saturated rings. The van der Waals surface area contributed by atoms with E-state index in [1.165, 1.54) is 0 Å². The highest BCUT2D eigenvalue weighted by Crippen LogP contribution is 2.08. The van der Waals surface area contributed by atoms with E-state index in [0.29, 0.717) is 10.9 Å². The van der Waals surface area contributed by atoms with Gasteiger partial charge in [0, 0.05) is 5.56 Å². The molecule has 0 unspecified atom stereocenters. The number of aryl methyl sites for hydroxylation is 1. The maximum absolute atomic E-state index is 8.64. The Labute approximate surface area is 86.5 Å². The van der Waals surface area contributed by atoms with Crippen molar-refractivity contribution in [3.8, 4) is 17.9 Å². The first-order chi connectivity index (χ1) is 6.27. The van der Waals surface area contributed by atoms with E-state index in [1.807, 2.05) is 19.1 Å². The summed E-state index contributed by atoms with van der Waals surface area (Å²) in [6.07, 6.45) is 0. The van der Waals surface area contributed by atoms with E-state index in [1.54, 1.807) is 6.07 Å². The summed E-state index contributed by atoms with van der Waals surface area (Å²) in [5, 5.41) is 9.31. The largest absolute Gasteiger partial charge is 0.192 e. The van der Waals surface area contributed by atoms with Gasteiger partial charge < -0.3 is 0 Å². The highest BCUT2D eigenvalue weighted by molar-refractivity contribution is 9.09. The number of nitriles is 1. The second kappa shape index (κ2) is 4.70. The first-order valence-corrected chi connectivity index (χ1v) is 4.95. The standard InChI is InChI=1S/C11H8BrN/c1-9-7-10(8-13)4-5-11(9)3-2-6-12/h4-5,7H,6H2,1H3. The monoisotopic (exact) mass is 233 g/mol. The smallest absolute Gasteiger partial charge is 0.0991 e. The Morgan fingerprint density at radius 3 is 2.77 bits per heavy atom. The Morgan fingerprint density at radius 2 is 2.23 bits per heavy atom. The lowest BCUT2D eigenvalue weighted by atomic mass is 10.1. The predicted molar refractivity (Wildman–Crippen MR) is 56.6 cm³/mol. The van der Waals surface area contributed by atoms with Crippen LogP contribution in [0, 0.1) is 30.1 Å². The molecule has 1 aromatic rings. The molecular weight excluding hydrogens is 226 g/mol. The van der Waals surface area contributed by atoms with Crippen LogP contribution in [0.5, 0.6) is 0 Å². The summed E-state index contributed by atoms with van der Waals surface area (Å²) >= 11 is 3.23. The number of rotatable bonds is 0. The van der Waals surface area contributed by atoms with Crippen molar-refractivity contribution in [2.75, 3.05) is 5.33 Å². The SMILES string of the molecule is Cc1cc(C#N)ccc1C#CCBr. The minimum absolute atomic E-state index is 0.673. The zero-order valence-electron chi connectivity index (χ0n) is 7.26. The Kier molecular flexibility index (Phi) is 3.55. The van der Waals surface area contributed by atoms with Crippen LogP contribution < -0.4 is 0 Å². The van der Waals surface area contributed by atoms with Gasteiger partial charge >= 0.3 is 0 Å². The molecule has 1 nitrogen and oxygen atoms in total. The molecule has 0 radical (unpaired) electrons. The molecule has 0 atom stereocenters. The molecule has 0 aromatic heterocycles. The van der Waals surface area contributed by atoms with E-state index in [-0.39, 0.29) is 0 Å². The molecule has 0 saturated carbocycles. The van der Waals surface area contributed by atoms with Crippen molar-refractivity contribution in [1.82, 2.24) is 0 Å². The molecule has 0 amide bonds. The minimum atomic E-state index is 0.673. The lowest BCUT2D eigenvalue weighted by Crippen LogP contribution is -1.83. The van der Waals surface area contributed by atoms with Crippen LogP contribution in [-0.4, -0.2) is 5.33 Å². The average molecular weight is 234 g/mol. The van der Waals surface area contributed by atoms with Gasteiger partial charge in [-0.3, -0.25) is 0 Å². The molecule has 0 bridgehead atoms. The van der Waals surface area contributed by atoms with Crippen molar-refractivity contribution in [3.63, 3.8) is 0 Å². The average Bonchev–Trinajstić information content (AvgIpc) is 2.16. The van der Waals surface area contributed by atoms with Crippen LogP contribution in [0.2, 0.25) is 0 Å². The second-order valence-electron chi connectivity index (χ2n) is 2.58. The molecule has 0 heterocycles. The second-order valence-corrected chi connectivity index (χ2v) is 3.14. The van der Waals surface area contributed by atoms with Crippen molar-refractivity contribution < 1.29 is 0 Å². The zero-order chi connectivity index (χ0) is 9.68. The van der Waals surface area contributed by atoms with Crippen molar-refractivity contribution in [3.05, 3.63) is 34.9 Å². The van der Waals surface area contributed by atoms with Gasteiger partial charge in [-0.05, 0) is 30.7 Å². The normalized spacial score (nSPS) is 8.38. The van der Waals surface area contributed by atoms with Crippen LogP contribution in [0.4, 0.5) is 0 Å². The quantitative estimate of drug-likeness (QED) is 0.500. The molecule has 0 aliphatic heterocycles. The summed E-state index contributed by atoms with van der Waals surface area (Å²) in [4.78, 5) is 0. The van der Waals surface area contributed by atoms with Gasteiger partial charge in [0.2, 0.25) is 0 Å². The summed E-state index contributed by atoms with van der Waals surface area (Å²) in [6, 6.07) is 7.60. The first kappa shape index (κ1) is 9.84. The Bertz CT molecular complexity index is 404. The molecule has 0 aliphatic rings. The van der Waals surface area contributed by atoms with Gasteiger partial charge in [0.05, 0.1) is 17.0 Å². The van der Waals surface area contributed by atoms with Crippen LogP contribution in [0.25, 0.3) is 0 Å². The van der Waals surface area contributed by atoms with Crippen LogP contribution in [0.15, 0.2) is 18.2 Å². The van der Waals surface area contributed by atoms with Gasteiger partial charge in [-0.25, -0.2) is 0 Å². The number of alkyl halides is 1. The molecular formula is C11H8BrN. The van der Waals surface area contributed by atoms with E-state index >= 15 is 0 Å². The summed E-state index contributed by atoms with van der Waals surface area (Å²) in [5.74, 6) is 5.93. The summed E-state index contributed by atoms with van der Waals surface area (Å²) in [6.45, 7) is 1.96. The van der Waals surface area contributed by atoms with E-state index < -0.39 is 0 Å². The fourth-order valence-corrected chi connectivity index (χ4v) is 1.14. The summed E-state index contributed by atoms with van der Waals surface area (Å²) < 4.78 is 0. The molecule has 0 N–H and O–H groups in total. The first-order valence-electron chi connectivity index (χ1n) is 3.83. The fourth-order valence-electron chi connectivity index (χ4n) is 1.00. The number of benzene rings is 1. The molecule has 64 valence electrons. The Morgan fingerprint density at radius 1 is 1.46 bits per heavy atom. The third-order valence-corrected chi connectivity index (χ3v) is 1.93. The lowest BCUT2D eigenvalue weighted by molar-refractivity contribution is 1.40. The van der Waals surface area contributed by atoms with E-state index in [0.717, 1.165) is 11.1 Å². The number of hydrogen-bond acceptors (Lipinski definition) is 1. The molecule has 0 saturated heterocycles. The van der Waals surface area contributed by atoms with Gasteiger partial charge in [-0.2, -0.15) is 5.26 Å². The lowest BCUT2D eigenvalue weighted by Gasteiger charge is -1.96. The van der Waals surface area contributed by atoms with E-state index in [4.69, 9.17) is 5.26 Å². The Hall–Kier alpha value is -1.25. The maximum atomic E-state index is 8.64. The molecule has 2 heteroatoms. The van der Waals surface area contributed by atoms with Gasteiger partial charge in [-0.1, -0.05) is 27.8 Å². The summed E-state index contributed by atoms with van der Waals surface area (Å²) in [5.41, 5.74) is 2.72. The van der Waals surface area contributed by atoms with Crippen molar-refractivity contribution >= 4 is 15.9 Å². The molecule has 13 heavy (non-hydrogen) atoms. The van der Waals surface area contributed by atoms with Gasteiger partial charge in [0.15, 0.2) is 0 Å². The third-order valence-electron chi connectivity index (χ3n) is 1.65.